The van der Waals surface area contributed by atoms with E-state index in [2.05, 4.69) is 20.9 Å². The van der Waals surface area contributed by atoms with Gasteiger partial charge in [-0.15, -0.1) is 0 Å². The molecule has 0 aliphatic carbocycles. The molecule has 2 fully saturated rings. The molecule has 2 aliphatic rings. The highest BCUT2D eigenvalue weighted by Gasteiger charge is 2.40. The summed E-state index contributed by atoms with van der Waals surface area (Å²) in [4.78, 5) is 15.7. The summed E-state index contributed by atoms with van der Waals surface area (Å²) in [5.74, 6) is -0.624. The molecule has 30 heavy (non-hydrogen) atoms. The number of sulfonamides is 1. The molecular weight excluding hydrogens is 453 g/mol. The second-order valence-corrected chi connectivity index (χ2v) is 9.79. The quantitative estimate of drug-likeness (QED) is 0.401. The fourth-order valence-electron chi connectivity index (χ4n) is 3.73. The van der Waals surface area contributed by atoms with Crippen LogP contribution in [0.2, 0.25) is 10.2 Å². The lowest BCUT2D eigenvalue weighted by Gasteiger charge is -2.32. The third-order valence-corrected chi connectivity index (χ3v) is 7.76. The van der Waals surface area contributed by atoms with Crippen LogP contribution in [0.25, 0.3) is 0 Å². The van der Waals surface area contributed by atoms with E-state index in [1.807, 2.05) is 0 Å². The highest BCUT2D eigenvalue weighted by Crippen LogP contribution is 2.39. The molecule has 0 radical (unpaired) electrons. The third-order valence-electron chi connectivity index (χ3n) is 5.12. The van der Waals surface area contributed by atoms with E-state index < -0.39 is 26.7 Å². The molecule has 2 bridgehead atoms. The molecule has 4 rings (SSSR count). The molecule has 1 aromatic carbocycles. The van der Waals surface area contributed by atoms with Crippen molar-refractivity contribution in [1.29, 1.82) is 0 Å². The number of anilines is 2. The third kappa shape index (κ3) is 4.06. The van der Waals surface area contributed by atoms with E-state index in [1.54, 1.807) is 12.1 Å². The van der Waals surface area contributed by atoms with Gasteiger partial charge in [0.1, 0.15) is 4.90 Å². The van der Waals surface area contributed by atoms with Crippen molar-refractivity contribution < 1.29 is 18.3 Å². The van der Waals surface area contributed by atoms with E-state index >= 15 is 0 Å². The number of phenolic OH excluding ortho intramolecular Hbond substituents is 1. The number of amides is 2. The molecule has 2 amide bonds. The van der Waals surface area contributed by atoms with Gasteiger partial charge >= 0.3 is 6.03 Å². The standard InChI is InChI=1S/C18H19Cl2N5O4S/c19-12-5-6-13(23-18(27)24-14-2-1-7-21-17(14)20)15(26)16(12)30(28,29)25-8-10-3-4-11(9-25)22-10/h1-2,5-7,10-11,22,26H,3-4,8-9H2,(H2,23,24,27)/t10-,11-/m0/s1. The lowest BCUT2D eigenvalue weighted by Crippen LogP contribution is -2.52. The summed E-state index contributed by atoms with van der Waals surface area (Å²) < 4.78 is 27.8. The fraction of sp³-hybridized carbons (Fsp3) is 0.333. The monoisotopic (exact) mass is 471 g/mol. The average molecular weight is 472 g/mol. The van der Waals surface area contributed by atoms with Crippen LogP contribution in [-0.4, -0.2) is 54.0 Å². The van der Waals surface area contributed by atoms with Crippen molar-refractivity contribution in [3.63, 3.8) is 0 Å². The summed E-state index contributed by atoms with van der Waals surface area (Å²) in [6.45, 7) is 0.596. The minimum atomic E-state index is -4.06. The first-order valence-corrected chi connectivity index (χ1v) is 11.4. The van der Waals surface area contributed by atoms with E-state index in [9.17, 15) is 18.3 Å². The van der Waals surface area contributed by atoms with Gasteiger partial charge in [0.15, 0.2) is 10.9 Å². The van der Waals surface area contributed by atoms with E-state index in [0.717, 1.165) is 12.8 Å². The van der Waals surface area contributed by atoms with Gasteiger partial charge in [0.2, 0.25) is 10.0 Å². The number of nitrogens with one attached hydrogen (secondary N) is 3. The molecule has 3 heterocycles. The van der Waals surface area contributed by atoms with Gasteiger partial charge in [-0.05, 0) is 37.1 Å². The summed E-state index contributed by atoms with van der Waals surface area (Å²) in [7, 11) is -4.06. The van der Waals surface area contributed by atoms with Gasteiger partial charge in [0.25, 0.3) is 0 Å². The number of hydrogen-bond acceptors (Lipinski definition) is 6. The SMILES string of the molecule is O=C(Nc1cccnc1Cl)Nc1ccc(Cl)c(S(=O)(=O)N2C[C@@H]3CC[C@@H](C2)N3)c1O. The Labute approximate surface area is 183 Å². The van der Waals surface area contributed by atoms with Crippen molar-refractivity contribution in [2.45, 2.75) is 29.8 Å². The lowest BCUT2D eigenvalue weighted by atomic mass is 10.2. The second-order valence-electron chi connectivity index (χ2n) is 7.15. The zero-order valence-electron chi connectivity index (χ0n) is 15.6. The summed E-state index contributed by atoms with van der Waals surface area (Å²) in [6, 6.07) is 5.20. The number of carbonyl (C=O) groups excluding carboxylic acids is 1. The second kappa shape index (κ2) is 8.20. The van der Waals surface area contributed by atoms with Crippen molar-refractivity contribution in [3.8, 4) is 5.75 Å². The van der Waals surface area contributed by atoms with Crippen LogP contribution in [0.1, 0.15) is 12.8 Å². The zero-order valence-corrected chi connectivity index (χ0v) is 17.9. The molecule has 2 aromatic rings. The first-order valence-electron chi connectivity index (χ1n) is 9.22. The Morgan fingerprint density at radius 3 is 2.47 bits per heavy atom. The van der Waals surface area contributed by atoms with Crippen LogP contribution in [0.15, 0.2) is 35.4 Å². The fourth-order valence-corrected chi connectivity index (χ4v) is 6.02. The van der Waals surface area contributed by atoms with Crippen LogP contribution in [0.4, 0.5) is 16.2 Å². The topological polar surface area (TPSA) is 124 Å². The van der Waals surface area contributed by atoms with Crippen molar-refractivity contribution in [2.24, 2.45) is 0 Å². The van der Waals surface area contributed by atoms with Gasteiger partial charge in [-0.2, -0.15) is 4.31 Å². The number of hydrogen-bond donors (Lipinski definition) is 4. The van der Waals surface area contributed by atoms with E-state index in [0.29, 0.717) is 13.1 Å². The van der Waals surface area contributed by atoms with Crippen LogP contribution >= 0.6 is 23.2 Å². The molecule has 9 nitrogen and oxygen atoms in total. The van der Waals surface area contributed by atoms with E-state index in [1.165, 1.54) is 22.6 Å². The summed E-state index contributed by atoms with van der Waals surface area (Å²) in [5.41, 5.74) is 0.155. The Hall–Kier alpha value is -2.11. The van der Waals surface area contributed by atoms with Crippen LogP contribution in [0.5, 0.6) is 5.75 Å². The number of rotatable bonds is 4. The van der Waals surface area contributed by atoms with Crippen LogP contribution < -0.4 is 16.0 Å². The number of aromatic nitrogens is 1. The number of aromatic hydroxyl groups is 1. The van der Waals surface area contributed by atoms with Crippen LogP contribution in [-0.2, 0) is 10.0 Å². The van der Waals surface area contributed by atoms with Crippen molar-refractivity contribution in [3.05, 3.63) is 40.6 Å². The first-order chi connectivity index (χ1) is 14.3. The van der Waals surface area contributed by atoms with Gasteiger partial charge in [-0.1, -0.05) is 23.2 Å². The Balaban J connectivity index is 1.59. The highest BCUT2D eigenvalue weighted by molar-refractivity contribution is 7.89. The van der Waals surface area contributed by atoms with Crippen LogP contribution in [0.3, 0.4) is 0 Å². The number of halogens is 2. The minimum Gasteiger partial charge on any atom is -0.504 e. The van der Waals surface area contributed by atoms with Gasteiger partial charge in [-0.3, -0.25) is 0 Å². The number of fused-ring (bicyclic) bond motifs is 2. The number of benzene rings is 1. The van der Waals surface area contributed by atoms with Crippen molar-refractivity contribution in [2.75, 3.05) is 23.7 Å². The Bertz CT molecular complexity index is 1090. The molecule has 0 unspecified atom stereocenters. The maximum Gasteiger partial charge on any atom is 0.323 e. The lowest BCUT2D eigenvalue weighted by molar-refractivity contribution is 0.262. The molecule has 4 N–H and O–H groups in total. The Morgan fingerprint density at radius 1 is 1.13 bits per heavy atom. The molecule has 0 spiro atoms. The van der Waals surface area contributed by atoms with Crippen molar-refractivity contribution >= 4 is 50.6 Å². The normalized spacial score (nSPS) is 21.4. The minimum absolute atomic E-state index is 0.0794. The number of phenols is 1. The van der Waals surface area contributed by atoms with Gasteiger partial charge in [-0.25, -0.2) is 18.2 Å². The number of urea groups is 1. The van der Waals surface area contributed by atoms with Gasteiger partial charge in [0, 0.05) is 31.4 Å². The average Bonchev–Trinajstić information content (AvgIpc) is 3.03. The smallest absolute Gasteiger partial charge is 0.323 e. The van der Waals surface area contributed by atoms with E-state index in [4.69, 9.17) is 23.2 Å². The zero-order chi connectivity index (χ0) is 21.5. The number of nitrogens with zero attached hydrogens (tertiary/aromatic N) is 2. The predicted octanol–water partition coefficient (Wildman–Crippen LogP) is 2.86. The maximum absolute atomic E-state index is 13.2. The largest absolute Gasteiger partial charge is 0.504 e. The molecule has 1 aromatic heterocycles. The van der Waals surface area contributed by atoms with Gasteiger partial charge in [0.05, 0.1) is 16.4 Å². The maximum atomic E-state index is 13.2. The summed E-state index contributed by atoms with van der Waals surface area (Å²) in [5, 5.41) is 18.9. The molecular formula is C18H19Cl2N5O4S. The van der Waals surface area contributed by atoms with Crippen molar-refractivity contribution in [1.82, 2.24) is 14.6 Å². The number of piperazine rings is 1. The summed E-state index contributed by atoms with van der Waals surface area (Å²) in [6.07, 6.45) is 3.26. The summed E-state index contributed by atoms with van der Waals surface area (Å²) >= 11 is 12.1. The molecule has 12 heteroatoms. The number of carbonyl (C=O) groups is 1. The Kier molecular flexibility index (Phi) is 5.78. The van der Waals surface area contributed by atoms with Gasteiger partial charge < -0.3 is 21.1 Å². The Morgan fingerprint density at radius 2 is 1.80 bits per heavy atom. The molecule has 0 saturated carbocycles. The predicted molar refractivity (Wildman–Crippen MR) is 114 cm³/mol. The van der Waals surface area contributed by atoms with E-state index in [-0.39, 0.29) is 33.6 Å². The molecule has 2 saturated heterocycles. The first kappa shape index (κ1) is 21.1. The van der Waals surface area contributed by atoms with Crippen LogP contribution in [0, 0.1) is 0 Å². The number of pyridine rings is 1. The molecule has 160 valence electrons. The molecule has 2 atom stereocenters. The molecule has 2 aliphatic heterocycles. The highest BCUT2D eigenvalue weighted by atomic mass is 35.5.